The first-order valence-electron chi connectivity index (χ1n) is 17.8. The van der Waals surface area contributed by atoms with Gasteiger partial charge in [0.2, 0.25) is 27.7 Å². The summed E-state index contributed by atoms with van der Waals surface area (Å²) in [6, 6.07) is 9.12. The third-order valence-electron chi connectivity index (χ3n) is 9.98. The highest BCUT2D eigenvalue weighted by molar-refractivity contribution is 7.91. The Hall–Kier alpha value is -4.57. The van der Waals surface area contributed by atoms with E-state index in [2.05, 4.69) is 15.4 Å². The minimum atomic E-state index is -3.89. The summed E-state index contributed by atoms with van der Waals surface area (Å²) < 4.78 is 39.5. The molecule has 52 heavy (non-hydrogen) atoms. The van der Waals surface area contributed by atoms with E-state index in [0.717, 1.165) is 17.7 Å². The van der Waals surface area contributed by atoms with E-state index in [0.29, 0.717) is 48.8 Å². The number of carbonyl (C=O) groups is 4. The second-order valence-corrected chi connectivity index (χ2v) is 16.7. The number of para-hydroxylation sites is 2. The molecule has 5 atom stereocenters. The number of rotatable bonds is 8. The lowest BCUT2D eigenvalue weighted by molar-refractivity contribution is -0.141. The zero-order valence-corrected chi connectivity index (χ0v) is 30.4. The van der Waals surface area contributed by atoms with E-state index in [4.69, 9.17) is 19.4 Å². The monoisotopic (exact) mass is 750 g/mol. The van der Waals surface area contributed by atoms with Crippen LogP contribution < -0.4 is 20.1 Å². The predicted octanol–water partition coefficient (Wildman–Crippen LogP) is 3.82. The predicted molar refractivity (Wildman–Crippen MR) is 193 cm³/mol. The summed E-state index contributed by atoms with van der Waals surface area (Å²) >= 11 is 1.47. The molecule has 3 N–H and O–H groups in total. The average Bonchev–Trinajstić information content (AvgIpc) is 3.98. The molecule has 3 aromatic rings. The van der Waals surface area contributed by atoms with E-state index in [1.54, 1.807) is 6.92 Å². The summed E-state index contributed by atoms with van der Waals surface area (Å²) in [5.41, 5.74) is 0.318. The number of hydrogen-bond acceptors (Lipinski definition) is 11. The SMILES string of the molecule is CCOC(=O)N[C@H]1CCCCC/C=C\[C@@H]2C[C@@]2(C(=O)NS(=O)(=O)C2CC2)NC(=O)[C@@H]2C[C@@H](Oc3nc4ccccc4nc3-c3cccs3)CN2C1=O. The van der Waals surface area contributed by atoms with E-state index >= 15 is 0 Å². The summed E-state index contributed by atoms with van der Waals surface area (Å²) in [7, 11) is -3.89. The number of nitrogens with zero attached hydrogens (tertiary/aromatic N) is 3. The molecule has 14 nitrogen and oxygen atoms in total. The minimum absolute atomic E-state index is 0.0189. The van der Waals surface area contributed by atoms with Crippen LogP contribution in [0.15, 0.2) is 53.9 Å². The highest BCUT2D eigenvalue weighted by Crippen LogP contribution is 2.46. The molecule has 276 valence electrons. The van der Waals surface area contributed by atoms with Gasteiger partial charge in [0.05, 0.1) is 34.3 Å². The van der Waals surface area contributed by atoms with Crippen molar-refractivity contribution < 1.29 is 37.1 Å². The smallest absolute Gasteiger partial charge is 0.407 e. The Morgan fingerprint density at radius 3 is 2.58 bits per heavy atom. The molecule has 2 aliphatic heterocycles. The van der Waals surface area contributed by atoms with Gasteiger partial charge in [0.25, 0.3) is 5.91 Å². The molecule has 0 spiro atoms. The van der Waals surface area contributed by atoms with Crippen molar-refractivity contribution >= 4 is 56.2 Å². The second kappa shape index (κ2) is 14.8. The van der Waals surface area contributed by atoms with Crippen LogP contribution in [0.25, 0.3) is 21.6 Å². The molecular weight excluding hydrogens is 709 g/mol. The van der Waals surface area contributed by atoms with Gasteiger partial charge in [-0.15, -0.1) is 11.3 Å². The van der Waals surface area contributed by atoms with Gasteiger partial charge in [-0.3, -0.25) is 19.1 Å². The minimum Gasteiger partial charge on any atom is -0.471 e. The molecule has 0 radical (unpaired) electrons. The summed E-state index contributed by atoms with van der Waals surface area (Å²) in [6.45, 7) is 1.76. The Balaban J connectivity index is 1.21. The lowest BCUT2D eigenvalue weighted by Crippen LogP contribution is -2.58. The Morgan fingerprint density at radius 2 is 1.85 bits per heavy atom. The topological polar surface area (TPSA) is 186 Å². The lowest BCUT2D eigenvalue weighted by Gasteiger charge is -2.29. The van der Waals surface area contributed by atoms with E-state index in [-0.39, 0.29) is 31.9 Å². The number of amides is 4. The van der Waals surface area contributed by atoms with Crippen LogP contribution in [-0.4, -0.2) is 89.2 Å². The fraction of sp³-hybridized carbons (Fsp3) is 0.500. The maximum atomic E-state index is 14.4. The zero-order chi connectivity index (χ0) is 36.5. The van der Waals surface area contributed by atoms with Gasteiger partial charge in [-0.1, -0.05) is 43.2 Å². The van der Waals surface area contributed by atoms with E-state index in [1.807, 2.05) is 53.9 Å². The number of hydrogen-bond donors (Lipinski definition) is 3. The Labute approximate surface area is 305 Å². The Bertz CT molecular complexity index is 1980. The lowest BCUT2D eigenvalue weighted by atomic mass is 10.1. The molecule has 0 bridgehead atoms. The van der Waals surface area contributed by atoms with E-state index in [9.17, 15) is 27.6 Å². The third-order valence-corrected chi connectivity index (χ3v) is 12.7. The average molecular weight is 751 g/mol. The Kier molecular flexibility index (Phi) is 10.2. The van der Waals surface area contributed by atoms with Gasteiger partial charge < -0.3 is 25.0 Å². The van der Waals surface area contributed by atoms with Crippen LogP contribution in [0.3, 0.4) is 0 Å². The largest absolute Gasteiger partial charge is 0.471 e. The number of carbonyl (C=O) groups excluding carboxylic acids is 4. The fourth-order valence-corrected chi connectivity index (χ4v) is 9.03. The fourth-order valence-electron chi connectivity index (χ4n) is 6.96. The molecule has 3 fully saturated rings. The molecule has 0 unspecified atom stereocenters. The number of nitrogens with one attached hydrogen (secondary N) is 3. The highest BCUT2D eigenvalue weighted by atomic mass is 32.2. The third kappa shape index (κ3) is 7.63. The normalized spacial score (nSPS) is 27.3. The molecule has 1 aromatic carbocycles. The van der Waals surface area contributed by atoms with Crippen LogP contribution in [0, 0.1) is 5.92 Å². The number of allylic oxidation sites excluding steroid dienone is 1. The van der Waals surface area contributed by atoms with Crippen LogP contribution in [0.4, 0.5) is 4.79 Å². The van der Waals surface area contributed by atoms with Gasteiger partial charge in [-0.2, -0.15) is 0 Å². The molecule has 2 saturated carbocycles. The molecule has 16 heteroatoms. The molecule has 4 aliphatic rings. The number of ether oxygens (including phenoxy) is 2. The number of benzene rings is 1. The van der Waals surface area contributed by atoms with E-state index in [1.165, 1.54) is 16.2 Å². The Morgan fingerprint density at radius 1 is 1.06 bits per heavy atom. The first-order chi connectivity index (χ1) is 25.1. The molecule has 2 aliphatic carbocycles. The van der Waals surface area contributed by atoms with Crippen LogP contribution in [0.1, 0.15) is 64.7 Å². The van der Waals surface area contributed by atoms with Crippen molar-refractivity contribution in [3.8, 4) is 16.5 Å². The van der Waals surface area contributed by atoms with Crippen molar-refractivity contribution in [2.45, 2.75) is 93.7 Å². The van der Waals surface area contributed by atoms with Crippen molar-refractivity contribution in [1.82, 2.24) is 30.2 Å². The van der Waals surface area contributed by atoms with Gasteiger partial charge in [0.15, 0.2) is 0 Å². The number of sulfonamides is 1. The second-order valence-electron chi connectivity index (χ2n) is 13.8. The highest BCUT2D eigenvalue weighted by Gasteiger charge is 2.62. The first-order valence-corrected chi connectivity index (χ1v) is 20.3. The van der Waals surface area contributed by atoms with Crippen LogP contribution in [-0.2, 0) is 29.1 Å². The molecule has 1 saturated heterocycles. The maximum Gasteiger partial charge on any atom is 0.407 e. The molecule has 7 rings (SSSR count). The summed E-state index contributed by atoms with van der Waals surface area (Å²) in [5, 5.41) is 6.87. The van der Waals surface area contributed by atoms with Crippen molar-refractivity contribution in [1.29, 1.82) is 0 Å². The van der Waals surface area contributed by atoms with Crippen molar-refractivity contribution in [2.75, 3.05) is 13.2 Å². The summed E-state index contributed by atoms with van der Waals surface area (Å²) in [4.78, 5) is 66.8. The summed E-state index contributed by atoms with van der Waals surface area (Å²) in [5.74, 6) is -2.08. The van der Waals surface area contributed by atoms with Gasteiger partial charge in [-0.05, 0) is 69.0 Å². The van der Waals surface area contributed by atoms with Gasteiger partial charge >= 0.3 is 6.09 Å². The molecular formula is C36H42N6O8S2. The van der Waals surface area contributed by atoms with Crippen LogP contribution >= 0.6 is 11.3 Å². The maximum absolute atomic E-state index is 14.4. The molecule has 2 aromatic heterocycles. The van der Waals surface area contributed by atoms with Crippen molar-refractivity contribution in [2.24, 2.45) is 5.92 Å². The van der Waals surface area contributed by atoms with Gasteiger partial charge in [0.1, 0.15) is 29.4 Å². The van der Waals surface area contributed by atoms with Crippen molar-refractivity contribution in [3.63, 3.8) is 0 Å². The summed E-state index contributed by atoms with van der Waals surface area (Å²) in [6.07, 6.45) is 6.78. The van der Waals surface area contributed by atoms with Crippen LogP contribution in [0.2, 0.25) is 0 Å². The first kappa shape index (κ1) is 35.8. The standard InChI is InChI=1S/C36H42N6O8S2/c1-2-49-35(46)39-27-14-7-5-3-4-6-11-22-20-36(22,34(45)41-52(47,48)24-16-17-24)40-31(43)28-19-23(21-42(28)33(27)44)50-32-30(29-15-10-18-51-29)37-25-12-8-9-13-26(25)38-32/h6,8-13,15,18,22-24,27-28H,2-5,7,14,16-17,19-21H2,1H3,(H,39,46)(H,40,43)(H,41,45)/b11-6-/t22-,23-,27+,28+,36-/m1/s1. The number of fused-ring (bicyclic) bond motifs is 3. The van der Waals surface area contributed by atoms with Crippen molar-refractivity contribution in [3.05, 3.63) is 53.9 Å². The molecule has 4 amide bonds. The van der Waals surface area contributed by atoms with E-state index < -0.39 is 68.7 Å². The number of alkyl carbamates (subject to hydrolysis) is 1. The zero-order valence-electron chi connectivity index (χ0n) is 28.8. The van der Waals surface area contributed by atoms with Gasteiger partial charge in [-0.25, -0.2) is 23.2 Å². The molecule has 4 heterocycles. The van der Waals surface area contributed by atoms with Gasteiger partial charge in [0, 0.05) is 12.3 Å². The van der Waals surface area contributed by atoms with Crippen LogP contribution in [0.5, 0.6) is 5.88 Å². The number of thiophene rings is 1. The number of aromatic nitrogens is 2. The quantitative estimate of drug-likeness (QED) is 0.286.